The zero-order valence-corrected chi connectivity index (χ0v) is 38.9. The van der Waals surface area contributed by atoms with Gasteiger partial charge in [-0.25, -0.2) is 9.36 Å². The normalized spacial score (nSPS) is 11.9. The van der Waals surface area contributed by atoms with Crippen LogP contribution < -0.4 is 21.3 Å². The first-order valence-corrected chi connectivity index (χ1v) is 22.9. The van der Waals surface area contributed by atoms with Gasteiger partial charge in [0.1, 0.15) is 0 Å². The van der Waals surface area contributed by atoms with E-state index in [1.165, 1.54) is 24.8 Å². The molecule has 4 N–H and O–H groups in total. The summed E-state index contributed by atoms with van der Waals surface area (Å²) in [5.74, 6) is -0.371. The minimum atomic E-state index is -0.224. The van der Waals surface area contributed by atoms with Gasteiger partial charge in [0.2, 0.25) is 5.91 Å². The van der Waals surface area contributed by atoms with Gasteiger partial charge in [-0.1, -0.05) is 84.6 Å². The number of anilines is 4. The van der Waals surface area contributed by atoms with E-state index in [0.29, 0.717) is 39.6 Å². The van der Waals surface area contributed by atoms with Crippen molar-refractivity contribution in [3.8, 4) is 11.4 Å². The van der Waals surface area contributed by atoms with Crippen LogP contribution >= 0.6 is 22.6 Å². The summed E-state index contributed by atoms with van der Waals surface area (Å²) >= 11 is 1.96. The highest BCUT2D eigenvalue weighted by Gasteiger charge is 2.24. The molecule has 0 atom stereocenters. The minimum Gasteiger partial charge on any atom is -0.396 e. The molecular formula is C53H55IN10O3. The van der Waals surface area contributed by atoms with Crippen molar-refractivity contribution in [3.63, 3.8) is 0 Å². The van der Waals surface area contributed by atoms with Crippen LogP contribution in [0.2, 0.25) is 0 Å². The predicted octanol–water partition coefficient (Wildman–Crippen LogP) is 10.2. The van der Waals surface area contributed by atoms with Crippen molar-refractivity contribution in [2.24, 2.45) is 0 Å². The summed E-state index contributed by atoms with van der Waals surface area (Å²) in [7, 11) is 0. The van der Waals surface area contributed by atoms with Crippen LogP contribution in [0.15, 0.2) is 159 Å². The summed E-state index contributed by atoms with van der Waals surface area (Å²) in [6.45, 7) is 4.50. The van der Waals surface area contributed by atoms with Crippen molar-refractivity contribution in [3.05, 3.63) is 203 Å². The third-order valence-electron chi connectivity index (χ3n) is 10.9. The van der Waals surface area contributed by atoms with Crippen LogP contribution in [0.25, 0.3) is 11.4 Å². The summed E-state index contributed by atoms with van der Waals surface area (Å²) in [5, 5.41) is 14.2. The third kappa shape index (κ3) is 13.1. The van der Waals surface area contributed by atoms with E-state index >= 15 is 0 Å². The molecule has 1 aliphatic heterocycles. The Labute approximate surface area is 407 Å². The number of rotatable bonds is 8. The molecule has 13 nitrogen and oxygen atoms in total. The average Bonchev–Trinajstić information content (AvgIpc) is 4.19. The lowest BCUT2D eigenvalue weighted by molar-refractivity contribution is -0.117. The largest absolute Gasteiger partial charge is 0.396 e. The number of nitrogen functional groups attached to an aromatic ring is 1. The molecule has 1 aliphatic carbocycles. The number of para-hydroxylation sites is 1. The quantitative estimate of drug-likeness (QED) is 0.1000. The molecule has 4 aromatic carbocycles. The summed E-state index contributed by atoms with van der Waals surface area (Å²) in [5.41, 5.74) is 18.0. The van der Waals surface area contributed by atoms with Gasteiger partial charge in [-0.05, 0) is 133 Å². The van der Waals surface area contributed by atoms with E-state index in [4.69, 9.17) is 7.10 Å². The number of nitrogens with two attached hydrogens (primary N) is 1. The first kappa shape index (κ1) is 47.5. The second-order valence-electron chi connectivity index (χ2n) is 15.6. The Morgan fingerprint density at radius 2 is 1.18 bits per heavy atom. The Bertz CT molecular complexity index is 2910. The number of nitrogens with one attached hydrogen (secondary N) is 2. The zero-order chi connectivity index (χ0) is 47.1. The van der Waals surface area contributed by atoms with Crippen molar-refractivity contribution in [2.75, 3.05) is 32.7 Å². The van der Waals surface area contributed by atoms with Gasteiger partial charge in [0.15, 0.2) is 0 Å². The van der Waals surface area contributed by atoms with E-state index in [0.717, 1.165) is 40.4 Å². The van der Waals surface area contributed by atoms with E-state index in [9.17, 15) is 14.4 Å². The van der Waals surface area contributed by atoms with Gasteiger partial charge in [-0.2, -0.15) is 10.2 Å². The number of fused-ring (bicyclic) bond motifs is 2. The maximum absolute atomic E-state index is 12.9. The second-order valence-corrected chi connectivity index (χ2v) is 15.6. The molecule has 342 valence electrons. The SMILES string of the molecule is C.Cc1ccc(NC(=O)c2cccc(-n3cc(CC(=O)N4CCc5ccccc54)cn3)c2)cn1.Cc1ccc(NC(=O)c2cccc(-n3cc(N)cn3)c2)cn1.[2H]CI.c1ccc2c(c1)CCC2. The van der Waals surface area contributed by atoms with Crippen LogP contribution in [0.5, 0.6) is 0 Å². The van der Waals surface area contributed by atoms with Gasteiger partial charge in [-0.3, -0.25) is 24.4 Å². The molecule has 2 aliphatic rings. The highest BCUT2D eigenvalue weighted by Crippen LogP contribution is 2.28. The van der Waals surface area contributed by atoms with Crippen LogP contribution in [0.3, 0.4) is 0 Å². The van der Waals surface area contributed by atoms with Crippen molar-refractivity contribution in [1.82, 2.24) is 29.5 Å². The van der Waals surface area contributed by atoms with Crippen molar-refractivity contribution in [1.29, 1.82) is 0 Å². The van der Waals surface area contributed by atoms with E-state index in [-0.39, 0.29) is 31.6 Å². The Hall–Kier alpha value is -7.46. The van der Waals surface area contributed by atoms with Crippen LogP contribution in [-0.2, 0) is 30.5 Å². The molecular weight excluding hydrogens is 952 g/mol. The number of carbonyl (C=O) groups is 3. The summed E-state index contributed by atoms with van der Waals surface area (Å²) in [6, 6.07) is 38.4. The molecule has 0 saturated carbocycles. The van der Waals surface area contributed by atoms with Gasteiger partial charge < -0.3 is 21.3 Å². The summed E-state index contributed by atoms with van der Waals surface area (Å²) in [4.78, 5) is 48.5. The van der Waals surface area contributed by atoms with E-state index < -0.39 is 0 Å². The number of pyridine rings is 2. The molecule has 8 aromatic rings. The molecule has 0 radical (unpaired) electrons. The lowest BCUT2D eigenvalue weighted by atomic mass is 10.1. The maximum atomic E-state index is 12.9. The fourth-order valence-corrected chi connectivity index (χ4v) is 7.52. The summed E-state index contributed by atoms with van der Waals surface area (Å²) in [6.07, 6.45) is 15.2. The predicted molar refractivity (Wildman–Crippen MR) is 277 cm³/mol. The van der Waals surface area contributed by atoms with E-state index in [2.05, 4.69) is 61.1 Å². The van der Waals surface area contributed by atoms with Gasteiger partial charge in [-0.15, -0.1) is 0 Å². The number of amides is 3. The smallest absolute Gasteiger partial charge is 0.255 e. The summed E-state index contributed by atoms with van der Waals surface area (Å²) < 4.78 is 9.50. The Kier molecular flexibility index (Phi) is 16.8. The van der Waals surface area contributed by atoms with Gasteiger partial charge in [0.05, 0.1) is 65.8 Å². The van der Waals surface area contributed by atoms with Gasteiger partial charge >= 0.3 is 0 Å². The topological polar surface area (TPSA) is 166 Å². The zero-order valence-electron chi connectivity index (χ0n) is 37.8. The molecule has 5 heterocycles. The Balaban J connectivity index is 0.000000186. The van der Waals surface area contributed by atoms with Crippen molar-refractivity contribution in [2.45, 2.75) is 53.4 Å². The van der Waals surface area contributed by atoms with Crippen LogP contribution in [0, 0.1) is 13.8 Å². The lowest BCUT2D eigenvalue weighted by Gasteiger charge is -2.16. The molecule has 10 rings (SSSR count). The van der Waals surface area contributed by atoms with Crippen LogP contribution in [-0.4, -0.2) is 58.7 Å². The average molecular weight is 1010 g/mol. The number of carbonyl (C=O) groups excluding carboxylic acids is 3. The molecule has 0 fully saturated rings. The monoisotopic (exact) mass is 1010 g/mol. The number of halogens is 1. The number of alkyl halides is 1. The molecule has 0 saturated heterocycles. The molecule has 0 unspecified atom stereocenters. The first-order valence-electron chi connectivity index (χ1n) is 22.1. The molecule has 0 spiro atoms. The number of hydrogen-bond donors (Lipinski definition) is 3. The molecule has 14 heteroatoms. The second kappa shape index (κ2) is 23.6. The highest BCUT2D eigenvalue weighted by atomic mass is 127. The van der Waals surface area contributed by atoms with Crippen molar-refractivity contribution < 1.29 is 15.8 Å². The third-order valence-corrected chi connectivity index (χ3v) is 10.9. The molecule has 0 bridgehead atoms. The standard InChI is InChI=1S/C26H23N5O2.C16H15N5O.C9H10.CH3I.CH4/c1-18-9-10-22(16-27-18)29-26(33)21-6-4-7-23(14-21)31-17-19(15-28-31)13-25(32)30-12-11-20-5-2-3-8-24(20)30;1-11-5-6-14(9-18-11)20-16(22)12-3-2-4-15(7-12)21-10-13(17)8-19-21;1-2-5-9-7-3-6-8(9)4-1;1-2;/h2-10,14-17H,11-13H2,1H3,(H,29,33);2-10H,17H2,1H3,(H,20,22);1-2,4-5H,3,6-7H2;1H3;1H4/i;;;1D;. The number of aryl methyl sites for hydroxylation is 4. The molecule has 3 amide bonds. The number of nitrogens with zero attached hydrogens (tertiary/aromatic N) is 7. The maximum Gasteiger partial charge on any atom is 0.255 e. The van der Waals surface area contributed by atoms with Gasteiger partial charge in [0.25, 0.3) is 11.8 Å². The number of benzene rings is 4. The Morgan fingerprint density at radius 3 is 1.70 bits per heavy atom. The Morgan fingerprint density at radius 1 is 0.657 bits per heavy atom. The minimum absolute atomic E-state index is 0. The fourth-order valence-electron chi connectivity index (χ4n) is 7.52. The highest BCUT2D eigenvalue weighted by molar-refractivity contribution is 14.1. The fraction of sp³-hybridized carbons (Fsp3) is 0.189. The number of aromatic nitrogens is 6. The van der Waals surface area contributed by atoms with Crippen LogP contribution in [0.1, 0.15) is 69.6 Å². The number of hydrogen-bond acceptors (Lipinski definition) is 8. The van der Waals surface area contributed by atoms with E-state index in [1.807, 2.05) is 108 Å². The lowest BCUT2D eigenvalue weighted by Crippen LogP contribution is -2.30. The molecule has 67 heavy (non-hydrogen) atoms. The molecule has 4 aromatic heterocycles. The van der Waals surface area contributed by atoms with Crippen molar-refractivity contribution >= 4 is 63.1 Å². The van der Waals surface area contributed by atoms with Crippen LogP contribution in [0.4, 0.5) is 22.7 Å². The van der Waals surface area contributed by atoms with Gasteiger partial charge in [0, 0.05) is 42.3 Å². The first-order chi connectivity index (χ1) is 32.6. The van der Waals surface area contributed by atoms with E-state index in [1.54, 1.807) is 81.8 Å².